The minimum atomic E-state index is -1.41. The molecule has 0 radical (unpaired) electrons. The molecule has 0 unspecified atom stereocenters. The summed E-state index contributed by atoms with van der Waals surface area (Å²) in [6, 6.07) is 9.18. The van der Waals surface area contributed by atoms with E-state index in [-0.39, 0.29) is 13.0 Å². The summed E-state index contributed by atoms with van der Waals surface area (Å²) in [5, 5.41) is 19.2. The minimum Gasteiger partial charge on any atom is -0.393 e. The van der Waals surface area contributed by atoms with Gasteiger partial charge in [0.15, 0.2) is 0 Å². The van der Waals surface area contributed by atoms with Crippen molar-refractivity contribution < 1.29 is 19.3 Å². The van der Waals surface area contributed by atoms with Gasteiger partial charge in [-0.15, -0.1) is 0 Å². The zero-order chi connectivity index (χ0) is 12.5. The van der Waals surface area contributed by atoms with Gasteiger partial charge in [0.25, 0.3) is 0 Å². The van der Waals surface area contributed by atoms with Gasteiger partial charge in [-0.2, -0.15) is 0 Å². The molecule has 4 atom stereocenters. The first-order valence-corrected chi connectivity index (χ1v) is 5.68. The Bertz CT molecular complexity index is 364. The van der Waals surface area contributed by atoms with Crippen LogP contribution in [0.1, 0.15) is 17.9 Å². The molecular weight excluding hydrogens is 223 g/mol. The van der Waals surface area contributed by atoms with Crippen molar-refractivity contribution in [3.63, 3.8) is 0 Å². The monoisotopic (exact) mass is 240 g/mol. The quantitative estimate of drug-likeness (QED) is 0.836. The number of methoxy groups -OCH3 is 1. The zero-order valence-electron chi connectivity index (χ0n) is 9.71. The van der Waals surface area contributed by atoms with E-state index in [4.69, 9.17) is 4.74 Å². The van der Waals surface area contributed by atoms with Crippen LogP contribution < -0.4 is 0 Å². The summed E-state index contributed by atoms with van der Waals surface area (Å²) >= 11 is 0. The molecule has 4 heteroatoms. The molecule has 17 heavy (non-hydrogen) atoms. The molecule has 0 spiro atoms. The van der Waals surface area contributed by atoms with Crippen LogP contribution in [0.25, 0.3) is 0 Å². The van der Waals surface area contributed by atoms with Gasteiger partial charge in [-0.3, -0.25) is 0 Å². The second kappa shape index (κ2) is 4.72. The summed E-state index contributed by atoms with van der Waals surface area (Å²) < 4.78 is 19.2. The number of alkyl halides is 1. The van der Waals surface area contributed by atoms with E-state index in [2.05, 4.69) is 0 Å². The maximum atomic E-state index is 14.1. The number of benzene rings is 1. The number of halogens is 1. The van der Waals surface area contributed by atoms with Crippen LogP contribution in [0.4, 0.5) is 4.39 Å². The Balaban J connectivity index is 2.28. The summed E-state index contributed by atoms with van der Waals surface area (Å²) in [4.78, 5) is 0. The maximum absolute atomic E-state index is 14.1. The van der Waals surface area contributed by atoms with Crippen LogP contribution in [0.15, 0.2) is 30.3 Å². The van der Waals surface area contributed by atoms with Gasteiger partial charge in [-0.1, -0.05) is 30.3 Å². The Hall–Kier alpha value is -0.970. The summed E-state index contributed by atoms with van der Waals surface area (Å²) in [5.41, 5.74) is -0.355. The largest absolute Gasteiger partial charge is 0.393 e. The fourth-order valence-electron chi connectivity index (χ4n) is 2.54. The van der Waals surface area contributed by atoms with E-state index < -0.39 is 23.8 Å². The molecule has 94 valence electrons. The van der Waals surface area contributed by atoms with Crippen LogP contribution in [0.5, 0.6) is 0 Å². The average molecular weight is 240 g/mol. The highest BCUT2D eigenvalue weighted by atomic mass is 19.1. The normalized spacial score (nSPS) is 37.3. The van der Waals surface area contributed by atoms with Gasteiger partial charge >= 0.3 is 0 Å². The van der Waals surface area contributed by atoms with Gasteiger partial charge in [-0.05, 0) is 12.0 Å². The fraction of sp³-hybridized carbons (Fsp3) is 0.538. The molecule has 1 saturated carbocycles. The molecule has 2 N–H and O–H groups in total. The average Bonchev–Trinajstić information content (AvgIpc) is 2.65. The summed E-state index contributed by atoms with van der Waals surface area (Å²) in [6.45, 7) is -0.381. The molecule has 0 amide bonds. The molecule has 2 rings (SSSR count). The standard InChI is InChI=1S/C13H17FO3/c1-17-13(8-15)7-10(11(14)12(13)16)9-5-3-2-4-6-9/h2-6,10-12,15-16H,7-8H2,1H3/t10-,11-,12+,13+/m0/s1. The van der Waals surface area contributed by atoms with E-state index in [1.165, 1.54) is 7.11 Å². The number of hydrogen-bond donors (Lipinski definition) is 2. The number of aliphatic hydroxyl groups is 2. The van der Waals surface area contributed by atoms with Crippen molar-refractivity contribution >= 4 is 0 Å². The molecule has 1 fully saturated rings. The van der Waals surface area contributed by atoms with Crippen molar-refractivity contribution in [3.8, 4) is 0 Å². The Morgan fingerprint density at radius 2 is 2.06 bits per heavy atom. The van der Waals surface area contributed by atoms with E-state index >= 15 is 0 Å². The lowest BCUT2D eigenvalue weighted by Crippen LogP contribution is -2.45. The first-order valence-electron chi connectivity index (χ1n) is 5.68. The van der Waals surface area contributed by atoms with Gasteiger partial charge in [0.2, 0.25) is 0 Å². The Morgan fingerprint density at radius 3 is 2.53 bits per heavy atom. The van der Waals surface area contributed by atoms with Crippen LogP contribution in [0.2, 0.25) is 0 Å². The van der Waals surface area contributed by atoms with Crippen LogP contribution in [0, 0.1) is 0 Å². The molecule has 0 heterocycles. The molecule has 0 aromatic heterocycles. The Morgan fingerprint density at radius 1 is 1.41 bits per heavy atom. The van der Waals surface area contributed by atoms with Gasteiger partial charge in [0, 0.05) is 13.0 Å². The van der Waals surface area contributed by atoms with Crippen molar-refractivity contribution in [3.05, 3.63) is 35.9 Å². The SMILES string of the molecule is CO[C@@]1(CO)C[C@@H](c2ccccc2)[C@H](F)[C@H]1O. The summed E-state index contributed by atoms with van der Waals surface area (Å²) in [6.07, 6.45) is -2.42. The van der Waals surface area contributed by atoms with E-state index in [0.29, 0.717) is 0 Å². The van der Waals surface area contributed by atoms with Crippen LogP contribution in [-0.2, 0) is 4.74 Å². The topological polar surface area (TPSA) is 49.7 Å². The van der Waals surface area contributed by atoms with E-state index in [1.807, 2.05) is 30.3 Å². The lowest BCUT2D eigenvalue weighted by molar-refractivity contribution is -0.123. The van der Waals surface area contributed by atoms with E-state index in [0.717, 1.165) is 5.56 Å². The number of ether oxygens (including phenoxy) is 1. The van der Waals surface area contributed by atoms with Crippen molar-refractivity contribution in [1.29, 1.82) is 0 Å². The molecule has 1 aromatic rings. The first-order chi connectivity index (χ1) is 8.14. The van der Waals surface area contributed by atoms with Crippen LogP contribution in [-0.4, -0.2) is 41.8 Å². The molecule has 0 bridgehead atoms. The highest BCUT2D eigenvalue weighted by Gasteiger charge is 2.54. The highest BCUT2D eigenvalue weighted by Crippen LogP contribution is 2.44. The second-order valence-electron chi connectivity index (χ2n) is 4.54. The Kier molecular flexibility index (Phi) is 3.47. The number of hydrogen-bond acceptors (Lipinski definition) is 3. The first kappa shape index (κ1) is 12.5. The van der Waals surface area contributed by atoms with E-state index in [1.54, 1.807) is 0 Å². The highest BCUT2D eigenvalue weighted by molar-refractivity contribution is 5.25. The number of aliphatic hydroxyl groups excluding tert-OH is 2. The molecule has 3 nitrogen and oxygen atoms in total. The van der Waals surface area contributed by atoms with Crippen molar-refractivity contribution in [2.45, 2.75) is 30.2 Å². The fourth-order valence-corrected chi connectivity index (χ4v) is 2.54. The zero-order valence-corrected chi connectivity index (χ0v) is 9.71. The van der Waals surface area contributed by atoms with Crippen LogP contribution >= 0.6 is 0 Å². The second-order valence-corrected chi connectivity index (χ2v) is 4.54. The van der Waals surface area contributed by atoms with Gasteiger partial charge in [-0.25, -0.2) is 4.39 Å². The lowest BCUT2D eigenvalue weighted by atomic mass is 9.94. The maximum Gasteiger partial charge on any atom is 0.136 e. The van der Waals surface area contributed by atoms with E-state index in [9.17, 15) is 14.6 Å². The molecular formula is C13H17FO3. The lowest BCUT2D eigenvalue weighted by Gasteiger charge is -2.28. The molecule has 1 aromatic carbocycles. The van der Waals surface area contributed by atoms with Crippen molar-refractivity contribution in [2.24, 2.45) is 0 Å². The summed E-state index contributed by atoms with van der Waals surface area (Å²) in [7, 11) is 1.39. The van der Waals surface area contributed by atoms with Crippen molar-refractivity contribution in [2.75, 3.05) is 13.7 Å². The van der Waals surface area contributed by atoms with Gasteiger partial charge in [0.1, 0.15) is 17.9 Å². The molecule has 0 saturated heterocycles. The third-order valence-corrected chi connectivity index (χ3v) is 3.69. The van der Waals surface area contributed by atoms with Crippen molar-refractivity contribution in [1.82, 2.24) is 0 Å². The smallest absolute Gasteiger partial charge is 0.136 e. The predicted molar refractivity (Wildman–Crippen MR) is 61.5 cm³/mol. The predicted octanol–water partition coefficient (Wildman–Crippen LogP) is 1.25. The summed E-state index contributed by atoms with van der Waals surface area (Å²) in [5.74, 6) is -0.432. The van der Waals surface area contributed by atoms with Crippen LogP contribution in [0.3, 0.4) is 0 Å². The third kappa shape index (κ3) is 1.97. The molecule has 1 aliphatic carbocycles. The third-order valence-electron chi connectivity index (χ3n) is 3.69. The minimum absolute atomic E-state index is 0.284. The van der Waals surface area contributed by atoms with Gasteiger partial charge < -0.3 is 14.9 Å². The molecule has 1 aliphatic rings. The number of rotatable bonds is 3. The molecule has 0 aliphatic heterocycles. The Labute approximate surface area is 99.8 Å². The van der Waals surface area contributed by atoms with Gasteiger partial charge in [0.05, 0.1) is 6.61 Å².